The second-order valence-corrected chi connectivity index (χ2v) is 13.2. The van der Waals surface area contributed by atoms with Gasteiger partial charge in [0, 0.05) is 41.7 Å². The molecule has 0 bridgehead atoms. The maximum absolute atomic E-state index is 12.3. The number of halogens is 1. The lowest BCUT2D eigenvalue weighted by atomic mass is 9.58. The van der Waals surface area contributed by atoms with Crippen molar-refractivity contribution in [3.05, 3.63) is 76.3 Å². The van der Waals surface area contributed by atoms with E-state index in [-0.39, 0.29) is 22.5 Å². The van der Waals surface area contributed by atoms with E-state index in [0.29, 0.717) is 38.3 Å². The molecule has 1 atom stereocenters. The average Bonchev–Trinajstić information content (AvgIpc) is 2.85. The van der Waals surface area contributed by atoms with Crippen LogP contribution < -0.4 is 15.4 Å². The number of ether oxygens (including phenoxy) is 1. The van der Waals surface area contributed by atoms with Gasteiger partial charge in [-0.3, -0.25) is 0 Å². The molecule has 0 aromatic heterocycles. The van der Waals surface area contributed by atoms with Gasteiger partial charge in [0.15, 0.2) is 9.84 Å². The van der Waals surface area contributed by atoms with E-state index in [0.717, 1.165) is 36.6 Å². The van der Waals surface area contributed by atoms with Crippen LogP contribution in [0.5, 0.6) is 5.75 Å². The maximum atomic E-state index is 12.3. The second kappa shape index (κ2) is 13.2. The molecule has 9 nitrogen and oxygen atoms in total. The fraction of sp³-hybridized carbons (Fsp3) is 0.448. The van der Waals surface area contributed by atoms with Crippen LogP contribution in [0, 0.1) is 0 Å². The van der Waals surface area contributed by atoms with Crippen LogP contribution in [-0.2, 0) is 31.3 Å². The Kier molecular flexibility index (Phi) is 9.89. The minimum Gasteiger partial charge on any atom is -0.494 e. The highest BCUT2D eigenvalue weighted by atomic mass is 35.5. The van der Waals surface area contributed by atoms with Gasteiger partial charge in [-0.2, -0.15) is 0 Å². The van der Waals surface area contributed by atoms with Crippen LogP contribution in [0.15, 0.2) is 54.6 Å². The summed E-state index contributed by atoms with van der Waals surface area (Å²) in [5, 5.41) is 23.0. The highest BCUT2D eigenvalue weighted by Gasteiger charge is 2.47. The number of aliphatic carboxylic acids is 2. The molecule has 0 amide bonds. The summed E-state index contributed by atoms with van der Waals surface area (Å²) in [6.45, 7) is 2.55. The quantitative estimate of drug-likeness (QED) is 0.241. The van der Waals surface area contributed by atoms with Crippen LogP contribution in [0.3, 0.4) is 0 Å². The third-order valence-electron chi connectivity index (χ3n) is 7.85. The Morgan fingerprint density at radius 2 is 1.73 bits per heavy atom. The van der Waals surface area contributed by atoms with E-state index in [9.17, 15) is 18.0 Å². The largest absolute Gasteiger partial charge is 0.494 e. The molecule has 3 aliphatic rings. The van der Waals surface area contributed by atoms with Crippen molar-refractivity contribution in [1.29, 1.82) is 0 Å². The molecule has 1 saturated carbocycles. The monoisotopic (exact) mass is 590 g/mol. The van der Waals surface area contributed by atoms with E-state index in [1.54, 1.807) is 0 Å². The fourth-order valence-corrected chi connectivity index (χ4v) is 7.20. The molecule has 2 aliphatic heterocycles. The van der Waals surface area contributed by atoms with Crippen molar-refractivity contribution in [3.63, 3.8) is 0 Å². The molecular formula is C29H35ClN2O7S. The number of carbonyl (C=O) groups is 2. The van der Waals surface area contributed by atoms with Gasteiger partial charge >= 0.3 is 11.9 Å². The zero-order valence-electron chi connectivity index (χ0n) is 22.1. The first-order valence-corrected chi connectivity index (χ1v) is 15.5. The molecular weight excluding hydrogens is 556 g/mol. The highest BCUT2D eigenvalue weighted by Crippen LogP contribution is 2.53. The molecule has 5 rings (SSSR count). The van der Waals surface area contributed by atoms with Crippen LogP contribution in [0.1, 0.15) is 48.4 Å². The number of sulfone groups is 1. The molecule has 4 N–H and O–H groups in total. The number of carboxylic acid groups (broad SMARTS) is 2. The van der Waals surface area contributed by atoms with Crippen LogP contribution in [0.25, 0.3) is 0 Å². The molecule has 2 aromatic rings. The van der Waals surface area contributed by atoms with Crippen LogP contribution in [-0.4, -0.2) is 67.8 Å². The van der Waals surface area contributed by atoms with Crippen molar-refractivity contribution in [2.45, 2.75) is 48.8 Å². The number of fused-ring (bicyclic) bond motifs is 1. The Morgan fingerprint density at radius 3 is 2.27 bits per heavy atom. The molecule has 1 saturated heterocycles. The predicted octanol–water partition coefficient (Wildman–Crippen LogP) is 3.52. The SMILES string of the molecule is O=C(O)/C=C/C(=O)O.O=S(=O)(CCCOc1ccc2c(c1)C(C1(c3ccc(Cl)cc3)CCC1)NCC2)C1CNC1. The summed E-state index contributed by atoms with van der Waals surface area (Å²) in [6.07, 6.45) is 6.19. The Hall–Kier alpha value is -2.92. The standard InChI is InChI=1S/C25H31ClN2O3S.C4H4O4/c26-20-6-4-19(5-7-20)25(10-1-11-25)24-23-15-21(8-3-18(23)9-12-28-24)31-13-2-14-32(29,30)22-16-27-17-22;5-3(6)1-2-4(7)8/h3-8,15,22,24,27-28H,1-2,9-14,16-17H2;1-2H,(H,5,6)(H,7,8)/b;2-1+. The molecule has 2 heterocycles. The number of nitrogens with one attached hydrogen (secondary N) is 2. The first-order valence-electron chi connectivity index (χ1n) is 13.4. The number of rotatable bonds is 10. The summed E-state index contributed by atoms with van der Waals surface area (Å²) in [5.74, 6) is -1.50. The normalized spacial score (nSPS) is 19.9. The van der Waals surface area contributed by atoms with E-state index in [2.05, 4.69) is 34.9 Å². The van der Waals surface area contributed by atoms with Crippen LogP contribution in [0.4, 0.5) is 0 Å². The molecule has 2 fully saturated rings. The lowest BCUT2D eigenvalue weighted by molar-refractivity contribution is -0.134. The van der Waals surface area contributed by atoms with Gasteiger partial charge < -0.3 is 25.6 Å². The van der Waals surface area contributed by atoms with Gasteiger partial charge in [0.2, 0.25) is 0 Å². The molecule has 40 heavy (non-hydrogen) atoms. The maximum Gasteiger partial charge on any atom is 0.328 e. The smallest absolute Gasteiger partial charge is 0.328 e. The number of hydrogen-bond acceptors (Lipinski definition) is 7. The first-order chi connectivity index (χ1) is 19.1. The van der Waals surface area contributed by atoms with Crippen LogP contribution in [0.2, 0.25) is 5.02 Å². The summed E-state index contributed by atoms with van der Waals surface area (Å²) in [4.78, 5) is 19.1. The van der Waals surface area contributed by atoms with Gasteiger partial charge in [-0.1, -0.05) is 36.2 Å². The molecule has 11 heteroatoms. The van der Waals surface area contributed by atoms with E-state index in [1.807, 2.05) is 18.2 Å². The van der Waals surface area contributed by atoms with Crippen LogP contribution >= 0.6 is 11.6 Å². The summed E-state index contributed by atoms with van der Waals surface area (Å²) in [5.41, 5.74) is 4.13. The zero-order valence-corrected chi connectivity index (χ0v) is 23.7. The molecule has 2 aromatic carbocycles. The number of carboxylic acids is 2. The average molecular weight is 591 g/mol. The first kappa shape index (κ1) is 30.0. The summed E-state index contributed by atoms with van der Waals surface area (Å²) in [7, 11) is -3.01. The third-order valence-corrected chi connectivity index (χ3v) is 10.3. The van der Waals surface area contributed by atoms with E-state index in [1.165, 1.54) is 23.1 Å². The topological polar surface area (TPSA) is 142 Å². The van der Waals surface area contributed by atoms with Gasteiger partial charge in [-0.15, -0.1) is 0 Å². The Labute approximate surface area is 239 Å². The van der Waals surface area contributed by atoms with E-state index in [4.69, 9.17) is 26.6 Å². The second-order valence-electron chi connectivity index (χ2n) is 10.4. The highest BCUT2D eigenvalue weighted by molar-refractivity contribution is 7.92. The lowest BCUT2D eigenvalue weighted by Crippen LogP contribution is -2.52. The third kappa shape index (κ3) is 7.23. The van der Waals surface area contributed by atoms with Gasteiger partial charge in [-0.25, -0.2) is 18.0 Å². The summed E-state index contributed by atoms with van der Waals surface area (Å²) < 4.78 is 30.5. The van der Waals surface area contributed by atoms with Crippen molar-refractivity contribution < 1.29 is 33.0 Å². The van der Waals surface area contributed by atoms with Crippen molar-refractivity contribution in [3.8, 4) is 5.75 Å². The van der Waals surface area contributed by atoms with E-state index >= 15 is 0 Å². The van der Waals surface area contributed by atoms with Gasteiger partial charge in [0.1, 0.15) is 5.75 Å². The molecule has 1 aliphatic carbocycles. The fourth-order valence-electron chi connectivity index (χ4n) is 5.47. The van der Waals surface area contributed by atoms with Gasteiger partial charge in [0.25, 0.3) is 0 Å². The Morgan fingerprint density at radius 1 is 1.05 bits per heavy atom. The van der Waals surface area contributed by atoms with Crippen molar-refractivity contribution in [2.24, 2.45) is 0 Å². The van der Waals surface area contributed by atoms with E-state index < -0.39 is 21.8 Å². The minimum absolute atomic E-state index is 0.0866. The van der Waals surface area contributed by atoms with Crippen molar-refractivity contribution in [1.82, 2.24) is 10.6 Å². The van der Waals surface area contributed by atoms with Crippen molar-refractivity contribution >= 4 is 33.4 Å². The van der Waals surface area contributed by atoms with Gasteiger partial charge in [-0.05, 0) is 73.2 Å². The number of benzene rings is 2. The molecule has 0 radical (unpaired) electrons. The zero-order chi connectivity index (χ0) is 28.8. The summed E-state index contributed by atoms with van der Waals surface area (Å²) in [6, 6.07) is 15.0. The predicted molar refractivity (Wildman–Crippen MR) is 153 cm³/mol. The van der Waals surface area contributed by atoms with Gasteiger partial charge in [0.05, 0.1) is 17.6 Å². The summed E-state index contributed by atoms with van der Waals surface area (Å²) >= 11 is 6.16. The Bertz CT molecular complexity index is 1320. The Balaban J connectivity index is 0.000000406. The lowest BCUT2D eigenvalue weighted by Gasteiger charge is -2.50. The molecule has 1 unspecified atom stereocenters. The molecule has 216 valence electrons. The van der Waals surface area contributed by atoms with Crippen molar-refractivity contribution in [2.75, 3.05) is 32.0 Å². The minimum atomic E-state index is -3.01. The molecule has 0 spiro atoms. The number of hydrogen-bond donors (Lipinski definition) is 4.